The lowest BCUT2D eigenvalue weighted by atomic mass is 10.2. The molecule has 1 heterocycles. The van der Waals surface area contributed by atoms with Gasteiger partial charge in [0.1, 0.15) is 15.9 Å². The van der Waals surface area contributed by atoms with E-state index in [2.05, 4.69) is 30.3 Å². The Morgan fingerprint density at radius 1 is 0.810 bits per heavy atom. The first-order valence-corrected chi connectivity index (χ1v) is 8.24. The molecule has 1 saturated carbocycles. The summed E-state index contributed by atoms with van der Waals surface area (Å²) in [7, 11) is 0. The summed E-state index contributed by atoms with van der Waals surface area (Å²) in [6.07, 6.45) is 4.76. The minimum Gasteiger partial charge on any atom is -0.167 e. The molecule has 0 atom stereocenters. The van der Waals surface area contributed by atoms with Gasteiger partial charge < -0.3 is 0 Å². The lowest BCUT2D eigenvalue weighted by Gasteiger charge is -2.27. The van der Waals surface area contributed by atoms with Gasteiger partial charge in [-0.2, -0.15) is 15.0 Å². The molecular weight excluding hydrogens is 278 g/mol. The predicted octanol–water partition coefficient (Wildman–Crippen LogP) is 4.45. The zero-order valence-corrected chi connectivity index (χ0v) is 12.6. The maximum Gasteiger partial charge on any atom is 0.132 e. The molecule has 0 radical (unpaired) electrons. The van der Waals surface area contributed by atoms with Gasteiger partial charge in [-0.1, -0.05) is 42.1 Å². The van der Waals surface area contributed by atoms with Crippen LogP contribution in [0.15, 0.2) is 59.5 Å². The van der Waals surface area contributed by atoms with Crippen LogP contribution in [0.3, 0.4) is 0 Å². The molecule has 0 N–H and O–H groups in total. The van der Waals surface area contributed by atoms with Crippen LogP contribution in [0.5, 0.6) is 0 Å². The van der Waals surface area contributed by atoms with Gasteiger partial charge in [-0.15, -0.1) is 0 Å². The van der Waals surface area contributed by atoms with Crippen molar-refractivity contribution >= 4 is 22.8 Å². The Labute approximate surface area is 128 Å². The Balaban J connectivity index is 1.76. The number of hydrogen-bond donors (Lipinski definition) is 0. The highest BCUT2D eigenvalue weighted by Crippen LogP contribution is 2.48. The van der Waals surface area contributed by atoms with E-state index in [4.69, 9.17) is 10.2 Å². The van der Waals surface area contributed by atoms with Crippen molar-refractivity contribution in [2.45, 2.75) is 35.4 Å². The maximum atomic E-state index is 4.75. The SMILES string of the molecule is c1ccc(SC2(n3nc4ccccc4n3)CCCC2)cc1. The molecule has 0 spiro atoms. The highest BCUT2D eigenvalue weighted by atomic mass is 32.2. The van der Waals surface area contributed by atoms with Crippen LogP contribution in [0.1, 0.15) is 25.7 Å². The summed E-state index contributed by atoms with van der Waals surface area (Å²) >= 11 is 1.90. The van der Waals surface area contributed by atoms with Crippen LogP contribution >= 0.6 is 11.8 Å². The number of hydrogen-bond acceptors (Lipinski definition) is 3. The van der Waals surface area contributed by atoms with Gasteiger partial charge in [0.05, 0.1) is 0 Å². The van der Waals surface area contributed by atoms with Crippen LogP contribution in [0.4, 0.5) is 0 Å². The van der Waals surface area contributed by atoms with Crippen LogP contribution < -0.4 is 0 Å². The molecule has 1 aliphatic rings. The minimum absolute atomic E-state index is 0.0274. The molecule has 4 heteroatoms. The molecular formula is C17H17N3S. The van der Waals surface area contributed by atoms with Gasteiger partial charge in [0.25, 0.3) is 0 Å². The zero-order chi connectivity index (χ0) is 14.1. The van der Waals surface area contributed by atoms with Crippen molar-refractivity contribution in [1.82, 2.24) is 15.0 Å². The minimum atomic E-state index is -0.0274. The van der Waals surface area contributed by atoms with Gasteiger partial charge in [-0.05, 0) is 49.9 Å². The van der Waals surface area contributed by atoms with E-state index in [9.17, 15) is 0 Å². The highest BCUT2D eigenvalue weighted by molar-refractivity contribution is 8.00. The number of fused-ring (bicyclic) bond motifs is 1. The van der Waals surface area contributed by atoms with Crippen molar-refractivity contribution in [3.05, 3.63) is 54.6 Å². The standard InChI is InChI=1S/C17H17N3S/c1-2-8-14(9-3-1)21-17(12-6-7-13-17)20-18-15-10-4-5-11-16(15)19-20/h1-5,8-11H,6-7,12-13H2. The van der Waals surface area contributed by atoms with E-state index >= 15 is 0 Å². The van der Waals surface area contributed by atoms with E-state index in [1.165, 1.54) is 17.7 Å². The molecule has 1 aromatic heterocycles. The number of benzene rings is 2. The van der Waals surface area contributed by atoms with E-state index in [1.54, 1.807) is 0 Å². The zero-order valence-electron chi connectivity index (χ0n) is 11.8. The molecule has 4 rings (SSSR count). The fourth-order valence-electron chi connectivity index (χ4n) is 3.02. The van der Waals surface area contributed by atoms with Crippen molar-refractivity contribution < 1.29 is 0 Å². The summed E-state index contributed by atoms with van der Waals surface area (Å²) in [4.78, 5) is 3.24. The molecule has 3 nitrogen and oxygen atoms in total. The Bertz CT molecular complexity index is 712. The molecule has 0 amide bonds. The van der Waals surface area contributed by atoms with Gasteiger partial charge >= 0.3 is 0 Å². The summed E-state index contributed by atoms with van der Waals surface area (Å²) in [5, 5.41) is 9.50. The molecule has 0 saturated heterocycles. The third-order valence-electron chi connectivity index (χ3n) is 4.09. The largest absolute Gasteiger partial charge is 0.167 e. The topological polar surface area (TPSA) is 30.7 Å². The first kappa shape index (κ1) is 12.9. The van der Waals surface area contributed by atoms with E-state index in [0.717, 1.165) is 23.9 Å². The van der Waals surface area contributed by atoms with Crippen molar-refractivity contribution in [3.63, 3.8) is 0 Å². The van der Waals surface area contributed by atoms with E-state index in [-0.39, 0.29) is 4.87 Å². The molecule has 21 heavy (non-hydrogen) atoms. The summed E-state index contributed by atoms with van der Waals surface area (Å²) in [6, 6.07) is 18.7. The maximum absolute atomic E-state index is 4.75. The summed E-state index contributed by atoms with van der Waals surface area (Å²) in [5.74, 6) is 0. The molecule has 1 aliphatic carbocycles. The Kier molecular flexibility index (Phi) is 3.19. The molecule has 106 valence electrons. The summed E-state index contributed by atoms with van der Waals surface area (Å²) < 4.78 is 0. The summed E-state index contributed by atoms with van der Waals surface area (Å²) in [6.45, 7) is 0. The van der Waals surface area contributed by atoms with Crippen molar-refractivity contribution in [2.24, 2.45) is 0 Å². The second kappa shape index (κ2) is 5.19. The van der Waals surface area contributed by atoms with Gasteiger partial charge in [0.15, 0.2) is 0 Å². The summed E-state index contributed by atoms with van der Waals surface area (Å²) in [5.41, 5.74) is 1.97. The lowest BCUT2D eigenvalue weighted by Crippen LogP contribution is -2.28. The normalized spacial score (nSPS) is 17.3. The third kappa shape index (κ3) is 2.33. The quantitative estimate of drug-likeness (QED) is 0.715. The average Bonchev–Trinajstić information content (AvgIpc) is 3.15. The molecule has 1 fully saturated rings. The monoisotopic (exact) mass is 295 g/mol. The Hall–Kier alpha value is -1.81. The van der Waals surface area contributed by atoms with Crippen LogP contribution in [-0.4, -0.2) is 15.0 Å². The Morgan fingerprint density at radius 3 is 2.00 bits per heavy atom. The van der Waals surface area contributed by atoms with Crippen molar-refractivity contribution in [3.8, 4) is 0 Å². The van der Waals surface area contributed by atoms with E-state index in [1.807, 2.05) is 40.8 Å². The van der Waals surface area contributed by atoms with Gasteiger partial charge in [0, 0.05) is 4.90 Å². The number of rotatable bonds is 3. The Morgan fingerprint density at radius 2 is 1.38 bits per heavy atom. The lowest BCUT2D eigenvalue weighted by molar-refractivity contribution is 0.369. The molecule has 2 aromatic carbocycles. The van der Waals surface area contributed by atoms with Crippen molar-refractivity contribution in [2.75, 3.05) is 0 Å². The van der Waals surface area contributed by atoms with Gasteiger partial charge in [-0.25, -0.2) is 0 Å². The first-order chi connectivity index (χ1) is 10.4. The van der Waals surface area contributed by atoms with Crippen LogP contribution in [0.25, 0.3) is 11.0 Å². The third-order valence-corrected chi connectivity index (χ3v) is 5.55. The second-order valence-electron chi connectivity index (χ2n) is 5.55. The second-order valence-corrected chi connectivity index (χ2v) is 6.98. The fourth-order valence-corrected chi connectivity index (χ4v) is 4.41. The number of nitrogens with zero attached hydrogens (tertiary/aromatic N) is 3. The predicted molar refractivity (Wildman–Crippen MR) is 86.3 cm³/mol. The molecule has 0 bridgehead atoms. The van der Waals surface area contributed by atoms with E-state index < -0.39 is 0 Å². The fraction of sp³-hybridized carbons (Fsp3) is 0.294. The number of thioether (sulfide) groups is 1. The smallest absolute Gasteiger partial charge is 0.132 e. The average molecular weight is 295 g/mol. The van der Waals surface area contributed by atoms with Crippen LogP contribution in [0.2, 0.25) is 0 Å². The van der Waals surface area contributed by atoms with Gasteiger partial charge in [-0.3, -0.25) is 0 Å². The number of aromatic nitrogens is 3. The van der Waals surface area contributed by atoms with Gasteiger partial charge in [0.2, 0.25) is 0 Å². The first-order valence-electron chi connectivity index (χ1n) is 7.42. The molecule has 0 aliphatic heterocycles. The molecule has 3 aromatic rings. The van der Waals surface area contributed by atoms with E-state index in [0.29, 0.717) is 0 Å². The van der Waals surface area contributed by atoms with Crippen molar-refractivity contribution in [1.29, 1.82) is 0 Å². The van der Waals surface area contributed by atoms with Crippen LogP contribution in [-0.2, 0) is 4.87 Å². The molecule has 0 unspecified atom stereocenters. The highest BCUT2D eigenvalue weighted by Gasteiger charge is 2.39. The van der Waals surface area contributed by atoms with Crippen LogP contribution in [0, 0.1) is 0 Å².